The first kappa shape index (κ1) is 24.0. The standard InChI is InChI=1S/C19H19BrClN5O5/c20-15-16(12(21)7-9(17(15)30)4-5-14(28)29)26-13(27)8-24-18(31)10-2-1-3-11(6-10)25-19(22)23/h1-3,6-7,30H,4-5,8H2,(H,24,31)(H,26,27)(H,28,29)(H4,22,23,25). The molecule has 12 heteroatoms. The zero-order chi connectivity index (χ0) is 23.1. The fourth-order valence-electron chi connectivity index (χ4n) is 2.52. The minimum absolute atomic E-state index is 0.0582. The summed E-state index contributed by atoms with van der Waals surface area (Å²) in [6.45, 7) is -0.379. The molecule has 164 valence electrons. The number of guanidine groups is 1. The van der Waals surface area contributed by atoms with E-state index in [4.69, 9.17) is 28.2 Å². The Morgan fingerprint density at radius 1 is 1.19 bits per heavy atom. The number of aryl methyl sites for hydroxylation is 1. The minimum Gasteiger partial charge on any atom is -0.506 e. The Balaban J connectivity index is 2.04. The molecule has 2 aromatic carbocycles. The van der Waals surface area contributed by atoms with Crippen molar-refractivity contribution >= 4 is 62.6 Å². The van der Waals surface area contributed by atoms with Crippen LogP contribution >= 0.6 is 27.5 Å². The highest BCUT2D eigenvalue weighted by atomic mass is 79.9. The third kappa shape index (κ3) is 6.86. The van der Waals surface area contributed by atoms with Crippen LogP contribution in [0.25, 0.3) is 0 Å². The molecule has 2 aromatic rings. The summed E-state index contributed by atoms with van der Waals surface area (Å²) >= 11 is 9.31. The average molecular weight is 513 g/mol. The van der Waals surface area contributed by atoms with Crippen molar-refractivity contribution in [3.63, 3.8) is 0 Å². The molecule has 0 atom stereocenters. The molecule has 0 aliphatic rings. The molecule has 0 aromatic heterocycles. The number of amides is 2. The van der Waals surface area contributed by atoms with Gasteiger partial charge in [0, 0.05) is 12.0 Å². The number of hydrogen-bond donors (Lipinski definition) is 6. The van der Waals surface area contributed by atoms with E-state index in [-0.39, 0.29) is 51.8 Å². The predicted molar refractivity (Wildman–Crippen MR) is 120 cm³/mol. The molecular weight excluding hydrogens is 494 g/mol. The van der Waals surface area contributed by atoms with Crippen molar-refractivity contribution in [2.45, 2.75) is 12.8 Å². The van der Waals surface area contributed by atoms with Crippen molar-refractivity contribution < 1.29 is 24.6 Å². The van der Waals surface area contributed by atoms with Gasteiger partial charge in [-0.25, -0.2) is 4.99 Å². The number of carboxylic acid groups (broad SMARTS) is 1. The Hall–Kier alpha value is -3.31. The topological polar surface area (TPSA) is 180 Å². The molecule has 0 heterocycles. The number of phenols is 1. The molecule has 0 unspecified atom stereocenters. The summed E-state index contributed by atoms with van der Waals surface area (Å²) in [5.41, 5.74) is 11.7. The average Bonchev–Trinajstić information content (AvgIpc) is 2.70. The van der Waals surface area contributed by atoms with Gasteiger partial charge in [-0.3, -0.25) is 14.4 Å². The highest BCUT2D eigenvalue weighted by Gasteiger charge is 2.18. The Kier molecular flexibility index (Phi) is 8.22. The van der Waals surface area contributed by atoms with Gasteiger partial charge in [0.2, 0.25) is 5.91 Å². The monoisotopic (exact) mass is 511 g/mol. The van der Waals surface area contributed by atoms with Crippen LogP contribution in [0.1, 0.15) is 22.3 Å². The van der Waals surface area contributed by atoms with E-state index in [0.717, 1.165) is 0 Å². The van der Waals surface area contributed by atoms with Crippen LogP contribution in [0.2, 0.25) is 5.02 Å². The number of carbonyl (C=O) groups excluding carboxylic acids is 2. The van der Waals surface area contributed by atoms with Crippen LogP contribution in [-0.4, -0.2) is 40.5 Å². The first-order valence-electron chi connectivity index (χ1n) is 8.78. The van der Waals surface area contributed by atoms with Crippen LogP contribution in [0.3, 0.4) is 0 Å². The van der Waals surface area contributed by atoms with E-state index in [1.807, 2.05) is 0 Å². The molecule has 8 N–H and O–H groups in total. The Morgan fingerprint density at radius 2 is 1.90 bits per heavy atom. The summed E-state index contributed by atoms with van der Waals surface area (Å²) in [6, 6.07) is 7.54. The molecule has 0 aliphatic carbocycles. The van der Waals surface area contributed by atoms with Crippen molar-refractivity contribution in [1.82, 2.24) is 5.32 Å². The Bertz CT molecular complexity index is 1060. The first-order chi connectivity index (χ1) is 14.6. The maximum atomic E-state index is 12.3. The van der Waals surface area contributed by atoms with Gasteiger partial charge >= 0.3 is 5.97 Å². The van der Waals surface area contributed by atoms with Crippen molar-refractivity contribution in [3.05, 3.63) is 51.0 Å². The van der Waals surface area contributed by atoms with Gasteiger partial charge in [0.15, 0.2) is 5.96 Å². The van der Waals surface area contributed by atoms with Gasteiger partial charge in [-0.15, -0.1) is 0 Å². The van der Waals surface area contributed by atoms with Gasteiger partial charge in [0.1, 0.15) is 5.75 Å². The molecule has 0 fully saturated rings. The Morgan fingerprint density at radius 3 is 2.55 bits per heavy atom. The van der Waals surface area contributed by atoms with Crippen LogP contribution in [0.15, 0.2) is 39.8 Å². The van der Waals surface area contributed by atoms with E-state index in [1.165, 1.54) is 18.2 Å². The third-order valence-corrected chi connectivity index (χ3v) is 4.99. The fourth-order valence-corrected chi connectivity index (χ4v) is 3.47. The number of aliphatic carboxylic acids is 1. The maximum absolute atomic E-state index is 12.3. The molecule has 0 radical (unpaired) electrons. The van der Waals surface area contributed by atoms with E-state index in [9.17, 15) is 19.5 Å². The van der Waals surface area contributed by atoms with E-state index in [0.29, 0.717) is 11.3 Å². The number of nitrogens with two attached hydrogens (primary N) is 2. The predicted octanol–water partition coefficient (Wildman–Crippen LogP) is 2.10. The number of carboxylic acids is 1. The summed E-state index contributed by atoms with van der Waals surface area (Å²) in [5.74, 6) is -2.55. The van der Waals surface area contributed by atoms with Gasteiger partial charge < -0.3 is 32.3 Å². The maximum Gasteiger partial charge on any atom is 0.303 e. The highest BCUT2D eigenvalue weighted by Crippen LogP contribution is 2.40. The normalized spacial score (nSPS) is 10.3. The van der Waals surface area contributed by atoms with Gasteiger partial charge in [-0.05, 0) is 52.2 Å². The second-order valence-electron chi connectivity index (χ2n) is 6.27. The number of rotatable bonds is 8. The lowest BCUT2D eigenvalue weighted by atomic mass is 10.1. The molecule has 0 aliphatic heterocycles. The van der Waals surface area contributed by atoms with Crippen molar-refractivity contribution in [2.75, 3.05) is 11.9 Å². The molecule has 2 rings (SSSR count). The minimum atomic E-state index is -1.02. The van der Waals surface area contributed by atoms with E-state index < -0.39 is 17.8 Å². The number of phenolic OH excluding ortho intramolecular Hbond substituents is 1. The molecule has 0 saturated heterocycles. The lowest BCUT2D eigenvalue weighted by molar-refractivity contribution is -0.137. The number of aliphatic imine (C=N–C) groups is 1. The smallest absolute Gasteiger partial charge is 0.303 e. The van der Waals surface area contributed by atoms with Crippen LogP contribution in [0.5, 0.6) is 5.75 Å². The number of nitrogens with one attached hydrogen (secondary N) is 2. The largest absolute Gasteiger partial charge is 0.506 e. The number of hydrogen-bond acceptors (Lipinski definition) is 5. The van der Waals surface area contributed by atoms with Crippen LogP contribution in [-0.2, 0) is 16.0 Å². The summed E-state index contributed by atoms with van der Waals surface area (Å²) in [5, 5.41) is 24.1. The molecule has 0 spiro atoms. The summed E-state index contributed by atoms with van der Waals surface area (Å²) in [7, 11) is 0. The van der Waals surface area contributed by atoms with Crippen LogP contribution in [0, 0.1) is 0 Å². The van der Waals surface area contributed by atoms with E-state index in [1.54, 1.807) is 12.1 Å². The molecule has 2 amide bonds. The van der Waals surface area contributed by atoms with Crippen LogP contribution < -0.4 is 22.1 Å². The highest BCUT2D eigenvalue weighted by molar-refractivity contribution is 9.10. The molecule has 0 bridgehead atoms. The van der Waals surface area contributed by atoms with Gasteiger partial charge in [0.05, 0.1) is 27.4 Å². The van der Waals surface area contributed by atoms with Gasteiger partial charge in [-0.1, -0.05) is 17.7 Å². The van der Waals surface area contributed by atoms with Crippen molar-refractivity contribution in [1.29, 1.82) is 0 Å². The summed E-state index contributed by atoms with van der Waals surface area (Å²) < 4.78 is 0.102. The zero-order valence-corrected chi connectivity index (χ0v) is 18.3. The molecule has 31 heavy (non-hydrogen) atoms. The lowest BCUT2D eigenvalue weighted by Gasteiger charge is -2.14. The SMILES string of the molecule is NC(N)=Nc1cccc(C(=O)NCC(=O)Nc2c(Cl)cc(CCC(=O)O)c(O)c2Br)c1. The molecule has 10 nitrogen and oxygen atoms in total. The zero-order valence-electron chi connectivity index (χ0n) is 16.0. The number of benzene rings is 2. The van der Waals surface area contributed by atoms with Gasteiger partial charge in [-0.2, -0.15) is 0 Å². The second kappa shape index (κ2) is 10.6. The fraction of sp³-hybridized carbons (Fsp3) is 0.158. The number of aromatic hydroxyl groups is 1. The van der Waals surface area contributed by atoms with Gasteiger partial charge in [0.25, 0.3) is 5.91 Å². The van der Waals surface area contributed by atoms with E-state index >= 15 is 0 Å². The molecule has 0 saturated carbocycles. The number of anilines is 1. The number of carbonyl (C=O) groups is 3. The summed E-state index contributed by atoms with van der Waals surface area (Å²) in [4.78, 5) is 39.1. The van der Waals surface area contributed by atoms with E-state index in [2.05, 4.69) is 31.6 Å². The second-order valence-corrected chi connectivity index (χ2v) is 7.47. The van der Waals surface area contributed by atoms with Crippen molar-refractivity contribution in [2.24, 2.45) is 16.5 Å². The quantitative estimate of drug-likeness (QED) is 0.231. The number of nitrogens with zero attached hydrogens (tertiary/aromatic N) is 1. The third-order valence-electron chi connectivity index (χ3n) is 3.92. The van der Waals surface area contributed by atoms with Crippen molar-refractivity contribution in [3.8, 4) is 5.75 Å². The van der Waals surface area contributed by atoms with Crippen LogP contribution in [0.4, 0.5) is 11.4 Å². The summed E-state index contributed by atoms with van der Waals surface area (Å²) in [6.07, 6.45) is -0.138. The number of halogens is 2. The molecular formula is C19H19BrClN5O5. The first-order valence-corrected chi connectivity index (χ1v) is 9.95. The lowest BCUT2D eigenvalue weighted by Crippen LogP contribution is -2.33. The Labute approximate surface area is 190 Å².